The van der Waals surface area contributed by atoms with Crippen LogP contribution in [0.1, 0.15) is 44.2 Å². The van der Waals surface area contributed by atoms with Crippen LogP contribution in [0.5, 0.6) is 0 Å². The minimum absolute atomic E-state index is 0.378. The van der Waals surface area contributed by atoms with Crippen LogP contribution in [0.4, 0.5) is 5.82 Å². The highest BCUT2D eigenvalue weighted by Gasteiger charge is 2.18. The van der Waals surface area contributed by atoms with E-state index in [1.807, 2.05) is 6.07 Å². The van der Waals surface area contributed by atoms with E-state index < -0.39 is 0 Å². The van der Waals surface area contributed by atoms with Gasteiger partial charge in [-0.3, -0.25) is 0 Å². The SMILES string of the molecule is CN(c1cnc(C#N)cn1)C1CCCCCC1. The van der Waals surface area contributed by atoms with Gasteiger partial charge in [-0.15, -0.1) is 0 Å². The molecule has 0 unspecified atom stereocenters. The van der Waals surface area contributed by atoms with Crippen molar-refractivity contribution in [3.8, 4) is 6.07 Å². The average molecular weight is 230 g/mol. The molecule has 0 N–H and O–H groups in total. The van der Waals surface area contributed by atoms with Crippen LogP contribution in [-0.4, -0.2) is 23.1 Å². The summed E-state index contributed by atoms with van der Waals surface area (Å²) in [5, 5.41) is 8.69. The van der Waals surface area contributed by atoms with Crippen LogP contribution in [0, 0.1) is 11.3 Å². The topological polar surface area (TPSA) is 52.8 Å². The molecule has 2 rings (SSSR count). The normalized spacial score (nSPS) is 17.2. The van der Waals surface area contributed by atoms with Gasteiger partial charge < -0.3 is 4.90 Å². The van der Waals surface area contributed by atoms with Crippen molar-refractivity contribution in [3.05, 3.63) is 18.1 Å². The van der Waals surface area contributed by atoms with Crippen LogP contribution in [-0.2, 0) is 0 Å². The summed E-state index contributed by atoms with van der Waals surface area (Å²) in [6.07, 6.45) is 11.0. The molecular weight excluding hydrogens is 212 g/mol. The third-order valence-electron chi connectivity index (χ3n) is 3.49. The molecule has 1 aliphatic carbocycles. The summed E-state index contributed by atoms with van der Waals surface area (Å²) in [6, 6.07) is 2.56. The standard InChI is InChI=1S/C13H18N4/c1-17(12-6-4-2-3-5-7-12)13-10-15-11(8-14)9-16-13/h9-10,12H,2-7H2,1H3. The lowest BCUT2D eigenvalue weighted by Crippen LogP contribution is -2.31. The van der Waals surface area contributed by atoms with Gasteiger partial charge in [0, 0.05) is 13.1 Å². The van der Waals surface area contributed by atoms with Crippen molar-refractivity contribution in [3.63, 3.8) is 0 Å². The van der Waals surface area contributed by atoms with Crippen LogP contribution < -0.4 is 4.90 Å². The molecule has 0 bridgehead atoms. The van der Waals surface area contributed by atoms with Gasteiger partial charge in [-0.2, -0.15) is 5.26 Å². The first-order valence-corrected chi connectivity index (χ1v) is 6.26. The minimum atomic E-state index is 0.378. The van der Waals surface area contributed by atoms with E-state index in [1.54, 1.807) is 12.4 Å². The van der Waals surface area contributed by atoms with E-state index in [4.69, 9.17) is 5.26 Å². The molecule has 1 fully saturated rings. The zero-order chi connectivity index (χ0) is 12.1. The largest absolute Gasteiger partial charge is 0.355 e. The summed E-state index contributed by atoms with van der Waals surface area (Å²) in [5.41, 5.74) is 0.378. The third kappa shape index (κ3) is 2.94. The van der Waals surface area contributed by atoms with Gasteiger partial charge in [0.15, 0.2) is 5.69 Å². The van der Waals surface area contributed by atoms with Gasteiger partial charge in [-0.25, -0.2) is 9.97 Å². The summed E-state index contributed by atoms with van der Waals surface area (Å²) in [7, 11) is 2.08. The Morgan fingerprint density at radius 1 is 1.18 bits per heavy atom. The molecule has 0 saturated heterocycles. The average Bonchev–Trinajstić information content (AvgIpc) is 2.67. The van der Waals surface area contributed by atoms with E-state index in [1.165, 1.54) is 38.5 Å². The number of rotatable bonds is 2. The predicted molar refractivity (Wildman–Crippen MR) is 66.6 cm³/mol. The number of hydrogen-bond donors (Lipinski definition) is 0. The molecule has 1 aromatic rings. The Labute approximate surface area is 102 Å². The molecule has 0 spiro atoms. The highest BCUT2D eigenvalue weighted by atomic mass is 15.2. The second-order valence-electron chi connectivity index (χ2n) is 4.63. The van der Waals surface area contributed by atoms with Crippen LogP contribution in [0.15, 0.2) is 12.4 Å². The first-order chi connectivity index (χ1) is 8.31. The zero-order valence-corrected chi connectivity index (χ0v) is 10.3. The van der Waals surface area contributed by atoms with Crippen LogP contribution in [0.25, 0.3) is 0 Å². The van der Waals surface area contributed by atoms with Gasteiger partial charge >= 0.3 is 0 Å². The Kier molecular flexibility index (Phi) is 3.92. The zero-order valence-electron chi connectivity index (χ0n) is 10.3. The molecular formula is C13H18N4. The van der Waals surface area contributed by atoms with Crippen molar-refractivity contribution in [1.29, 1.82) is 5.26 Å². The molecule has 1 saturated carbocycles. The molecule has 90 valence electrons. The monoisotopic (exact) mass is 230 g/mol. The number of aromatic nitrogens is 2. The number of hydrogen-bond acceptors (Lipinski definition) is 4. The fourth-order valence-corrected chi connectivity index (χ4v) is 2.39. The van der Waals surface area contributed by atoms with Gasteiger partial charge in [0.2, 0.25) is 0 Å². The molecule has 4 nitrogen and oxygen atoms in total. The van der Waals surface area contributed by atoms with E-state index in [0.717, 1.165) is 5.82 Å². The van der Waals surface area contributed by atoms with Crippen molar-refractivity contribution in [1.82, 2.24) is 9.97 Å². The van der Waals surface area contributed by atoms with Crippen molar-refractivity contribution < 1.29 is 0 Å². The smallest absolute Gasteiger partial charge is 0.158 e. The second kappa shape index (κ2) is 5.62. The highest BCUT2D eigenvalue weighted by molar-refractivity contribution is 5.37. The first kappa shape index (κ1) is 11.8. The number of anilines is 1. The van der Waals surface area contributed by atoms with Crippen LogP contribution >= 0.6 is 0 Å². The summed E-state index contributed by atoms with van der Waals surface area (Å²) in [6.45, 7) is 0. The van der Waals surface area contributed by atoms with Crippen LogP contribution in [0.2, 0.25) is 0 Å². The molecule has 0 aliphatic heterocycles. The highest BCUT2D eigenvalue weighted by Crippen LogP contribution is 2.23. The van der Waals surface area contributed by atoms with E-state index in [0.29, 0.717) is 11.7 Å². The maximum Gasteiger partial charge on any atom is 0.158 e. The molecule has 0 radical (unpaired) electrons. The Balaban J connectivity index is 2.06. The summed E-state index contributed by atoms with van der Waals surface area (Å²) >= 11 is 0. The molecule has 0 aromatic carbocycles. The molecule has 0 amide bonds. The Bertz CT molecular complexity index is 385. The van der Waals surface area contributed by atoms with Crippen LogP contribution in [0.3, 0.4) is 0 Å². The molecule has 1 aromatic heterocycles. The third-order valence-corrected chi connectivity index (χ3v) is 3.49. The lowest BCUT2D eigenvalue weighted by atomic mass is 10.1. The Hall–Kier alpha value is -1.63. The van der Waals surface area contributed by atoms with Crippen molar-refractivity contribution in [2.45, 2.75) is 44.6 Å². The number of nitrogens with zero attached hydrogens (tertiary/aromatic N) is 4. The quantitative estimate of drug-likeness (QED) is 0.732. The maximum atomic E-state index is 8.69. The van der Waals surface area contributed by atoms with Crippen molar-refractivity contribution in [2.75, 3.05) is 11.9 Å². The second-order valence-corrected chi connectivity index (χ2v) is 4.63. The predicted octanol–water partition coefficient (Wildman–Crippen LogP) is 2.51. The van der Waals surface area contributed by atoms with Crippen molar-refractivity contribution in [2.24, 2.45) is 0 Å². The molecule has 0 atom stereocenters. The minimum Gasteiger partial charge on any atom is -0.355 e. The Morgan fingerprint density at radius 2 is 1.88 bits per heavy atom. The van der Waals surface area contributed by atoms with Crippen molar-refractivity contribution >= 4 is 5.82 Å². The first-order valence-electron chi connectivity index (χ1n) is 6.26. The van der Waals surface area contributed by atoms with Gasteiger partial charge in [0.05, 0.1) is 12.4 Å². The van der Waals surface area contributed by atoms with Gasteiger partial charge in [-0.1, -0.05) is 25.7 Å². The van der Waals surface area contributed by atoms with E-state index in [-0.39, 0.29) is 0 Å². The van der Waals surface area contributed by atoms with Gasteiger partial charge in [0.1, 0.15) is 11.9 Å². The fourth-order valence-electron chi connectivity index (χ4n) is 2.39. The molecule has 1 heterocycles. The van der Waals surface area contributed by atoms with Gasteiger partial charge in [0.25, 0.3) is 0 Å². The van der Waals surface area contributed by atoms with E-state index >= 15 is 0 Å². The van der Waals surface area contributed by atoms with Gasteiger partial charge in [-0.05, 0) is 12.8 Å². The fraction of sp³-hybridized carbons (Fsp3) is 0.615. The number of nitriles is 1. The summed E-state index contributed by atoms with van der Waals surface area (Å²) < 4.78 is 0. The molecule has 1 aliphatic rings. The molecule has 4 heteroatoms. The molecule has 17 heavy (non-hydrogen) atoms. The maximum absolute atomic E-state index is 8.69. The lowest BCUT2D eigenvalue weighted by molar-refractivity contribution is 0.548. The Morgan fingerprint density at radius 3 is 2.41 bits per heavy atom. The lowest BCUT2D eigenvalue weighted by Gasteiger charge is -2.27. The summed E-state index contributed by atoms with van der Waals surface area (Å²) in [5.74, 6) is 0.871. The van der Waals surface area contributed by atoms with E-state index in [9.17, 15) is 0 Å². The summed E-state index contributed by atoms with van der Waals surface area (Å²) in [4.78, 5) is 10.6. The van der Waals surface area contributed by atoms with E-state index in [2.05, 4.69) is 21.9 Å².